The SMILES string of the molecule is CCOC(=O)CCCCCOC(=O)N1CCCc2ccccc21. The van der Waals surface area contributed by atoms with Crippen LogP contribution in [-0.4, -0.2) is 31.8 Å². The molecule has 1 aromatic rings. The van der Waals surface area contributed by atoms with Crippen molar-refractivity contribution in [3.05, 3.63) is 29.8 Å². The van der Waals surface area contributed by atoms with Crippen LogP contribution in [0.15, 0.2) is 24.3 Å². The Morgan fingerprint density at radius 2 is 1.96 bits per heavy atom. The van der Waals surface area contributed by atoms with Crippen LogP contribution in [-0.2, 0) is 20.7 Å². The van der Waals surface area contributed by atoms with E-state index >= 15 is 0 Å². The Balaban J connectivity index is 1.67. The quantitative estimate of drug-likeness (QED) is 0.568. The highest BCUT2D eigenvalue weighted by Crippen LogP contribution is 2.27. The van der Waals surface area contributed by atoms with E-state index in [2.05, 4.69) is 6.07 Å². The third kappa shape index (κ3) is 5.27. The molecule has 0 spiro atoms. The smallest absolute Gasteiger partial charge is 0.414 e. The molecule has 0 saturated heterocycles. The van der Waals surface area contributed by atoms with Crippen LogP contribution in [0.4, 0.5) is 10.5 Å². The minimum absolute atomic E-state index is 0.158. The Morgan fingerprint density at radius 1 is 1.13 bits per heavy atom. The number of hydrogen-bond donors (Lipinski definition) is 0. The Bertz CT molecular complexity index is 530. The van der Waals surface area contributed by atoms with Gasteiger partial charge in [0.1, 0.15) is 0 Å². The maximum Gasteiger partial charge on any atom is 0.414 e. The van der Waals surface area contributed by atoms with Crippen LogP contribution in [0.1, 0.15) is 44.6 Å². The van der Waals surface area contributed by atoms with Crippen LogP contribution in [0.2, 0.25) is 0 Å². The normalized spacial score (nSPS) is 13.3. The lowest BCUT2D eigenvalue weighted by molar-refractivity contribution is -0.143. The Kier molecular flexibility index (Phi) is 6.91. The Labute approximate surface area is 137 Å². The molecule has 0 unspecified atom stereocenters. The van der Waals surface area contributed by atoms with Crippen LogP contribution in [0.5, 0.6) is 0 Å². The van der Waals surface area contributed by atoms with Gasteiger partial charge in [-0.05, 0) is 50.7 Å². The Morgan fingerprint density at radius 3 is 2.78 bits per heavy atom. The van der Waals surface area contributed by atoms with E-state index in [4.69, 9.17) is 9.47 Å². The summed E-state index contributed by atoms with van der Waals surface area (Å²) in [7, 11) is 0. The number of carbonyl (C=O) groups is 2. The van der Waals surface area contributed by atoms with E-state index in [-0.39, 0.29) is 12.1 Å². The van der Waals surface area contributed by atoms with Crippen LogP contribution in [0.3, 0.4) is 0 Å². The van der Waals surface area contributed by atoms with E-state index in [1.165, 1.54) is 5.56 Å². The number of carbonyl (C=O) groups excluding carboxylic acids is 2. The molecule has 5 nitrogen and oxygen atoms in total. The topological polar surface area (TPSA) is 55.8 Å². The number of rotatable bonds is 7. The van der Waals surface area contributed by atoms with Gasteiger partial charge in [0.2, 0.25) is 0 Å². The first kappa shape index (κ1) is 17.3. The van der Waals surface area contributed by atoms with Crippen LogP contribution < -0.4 is 4.90 Å². The van der Waals surface area contributed by atoms with Gasteiger partial charge in [0.25, 0.3) is 0 Å². The average molecular weight is 319 g/mol. The highest BCUT2D eigenvalue weighted by molar-refractivity contribution is 5.89. The van der Waals surface area contributed by atoms with Crippen molar-refractivity contribution in [1.29, 1.82) is 0 Å². The first-order chi connectivity index (χ1) is 11.2. The molecule has 0 radical (unpaired) electrons. The van der Waals surface area contributed by atoms with E-state index < -0.39 is 0 Å². The standard InChI is InChI=1S/C18H25NO4/c1-2-22-17(20)12-4-3-7-14-23-18(21)19-13-8-10-15-9-5-6-11-16(15)19/h5-6,9,11H,2-4,7-8,10,12-14H2,1H3. The van der Waals surface area contributed by atoms with Crippen molar-refractivity contribution in [1.82, 2.24) is 0 Å². The molecule has 126 valence electrons. The summed E-state index contributed by atoms with van der Waals surface area (Å²) < 4.78 is 10.2. The summed E-state index contributed by atoms with van der Waals surface area (Å²) in [5.41, 5.74) is 2.16. The molecule has 1 aliphatic heterocycles. The lowest BCUT2D eigenvalue weighted by Gasteiger charge is -2.28. The second-order valence-electron chi connectivity index (χ2n) is 5.61. The van der Waals surface area contributed by atoms with E-state index in [9.17, 15) is 9.59 Å². The third-order valence-electron chi connectivity index (χ3n) is 3.89. The number of anilines is 1. The summed E-state index contributed by atoms with van der Waals surface area (Å²) in [6.07, 6.45) is 4.51. The van der Waals surface area contributed by atoms with Gasteiger partial charge in [-0.2, -0.15) is 0 Å². The molecule has 1 aliphatic rings. The maximum absolute atomic E-state index is 12.2. The zero-order chi connectivity index (χ0) is 16.5. The maximum atomic E-state index is 12.2. The summed E-state index contributed by atoms with van der Waals surface area (Å²) >= 11 is 0. The van der Waals surface area contributed by atoms with E-state index in [0.29, 0.717) is 26.2 Å². The van der Waals surface area contributed by atoms with Gasteiger partial charge >= 0.3 is 12.1 Å². The molecule has 0 N–H and O–H groups in total. The number of nitrogens with zero attached hydrogens (tertiary/aromatic N) is 1. The number of ether oxygens (including phenoxy) is 2. The molecule has 0 fully saturated rings. The van der Waals surface area contributed by atoms with Gasteiger partial charge in [0.15, 0.2) is 0 Å². The highest BCUT2D eigenvalue weighted by Gasteiger charge is 2.22. The molecule has 2 rings (SSSR count). The van der Waals surface area contributed by atoms with Crippen molar-refractivity contribution >= 4 is 17.7 Å². The molecule has 5 heteroatoms. The lowest BCUT2D eigenvalue weighted by Crippen LogP contribution is -2.36. The minimum Gasteiger partial charge on any atom is -0.466 e. The van der Waals surface area contributed by atoms with Crippen molar-refractivity contribution in [3.63, 3.8) is 0 Å². The van der Waals surface area contributed by atoms with Gasteiger partial charge in [0.05, 0.1) is 18.9 Å². The molecule has 1 aromatic carbocycles. The van der Waals surface area contributed by atoms with Gasteiger partial charge in [-0.15, -0.1) is 0 Å². The monoisotopic (exact) mass is 319 g/mol. The number of aryl methyl sites for hydroxylation is 1. The number of hydrogen-bond acceptors (Lipinski definition) is 4. The van der Waals surface area contributed by atoms with Crippen molar-refractivity contribution in [2.45, 2.75) is 45.4 Å². The zero-order valence-electron chi connectivity index (χ0n) is 13.8. The number of unbranched alkanes of at least 4 members (excludes halogenated alkanes) is 2. The van der Waals surface area contributed by atoms with Crippen molar-refractivity contribution < 1.29 is 19.1 Å². The number of para-hydroxylation sites is 1. The summed E-state index contributed by atoms with van der Waals surface area (Å²) in [6.45, 7) is 3.32. The summed E-state index contributed by atoms with van der Waals surface area (Å²) in [5.74, 6) is -0.158. The predicted octanol–water partition coefficient (Wildman–Crippen LogP) is 3.70. The van der Waals surface area contributed by atoms with Gasteiger partial charge in [-0.1, -0.05) is 18.2 Å². The molecular weight excluding hydrogens is 294 g/mol. The number of fused-ring (bicyclic) bond motifs is 1. The third-order valence-corrected chi connectivity index (χ3v) is 3.89. The average Bonchev–Trinajstić information content (AvgIpc) is 2.57. The molecule has 0 bridgehead atoms. The molecular formula is C18H25NO4. The predicted molar refractivity (Wildman–Crippen MR) is 88.6 cm³/mol. The van der Waals surface area contributed by atoms with E-state index in [1.807, 2.05) is 18.2 Å². The second kappa shape index (κ2) is 9.18. The molecule has 0 saturated carbocycles. The molecule has 0 atom stereocenters. The molecule has 1 amide bonds. The lowest BCUT2D eigenvalue weighted by atomic mass is 10.0. The van der Waals surface area contributed by atoms with Crippen molar-refractivity contribution in [3.8, 4) is 0 Å². The van der Waals surface area contributed by atoms with Crippen LogP contribution in [0.25, 0.3) is 0 Å². The second-order valence-corrected chi connectivity index (χ2v) is 5.61. The van der Waals surface area contributed by atoms with Gasteiger partial charge in [0, 0.05) is 13.0 Å². The highest BCUT2D eigenvalue weighted by atomic mass is 16.6. The summed E-state index contributed by atoms with van der Waals surface area (Å²) in [4.78, 5) is 25.1. The minimum atomic E-state index is -0.275. The first-order valence-electron chi connectivity index (χ1n) is 8.40. The molecule has 0 aromatic heterocycles. The fraction of sp³-hybridized carbons (Fsp3) is 0.556. The number of esters is 1. The van der Waals surface area contributed by atoms with Gasteiger partial charge in [-0.25, -0.2) is 4.79 Å². The van der Waals surface area contributed by atoms with E-state index in [0.717, 1.165) is 37.8 Å². The molecule has 1 heterocycles. The first-order valence-corrected chi connectivity index (χ1v) is 8.40. The summed E-state index contributed by atoms with van der Waals surface area (Å²) in [6, 6.07) is 7.97. The Hall–Kier alpha value is -2.04. The fourth-order valence-corrected chi connectivity index (χ4v) is 2.74. The van der Waals surface area contributed by atoms with Crippen molar-refractivity contribution in [2.24, 2.45) is 0 Å². The largest absolute Gasteiger partial charge is 0.466 e. The number of benzene rings is 1. The summed E-state index contributed by atoms with van der Waals surface area (Å²) in [5, 5.41) is 0. The van der Waals surface area contributed by atoms with Crippen molar-refractivity contribution in [2.75, 3.05) is 24.7 Å². The number of amides is 1. The zero-order valence-corrected chi connectivity index (χ0v) is 13.8. The fourth-order valence-electron chi connectivity index (χ4n) is 2.74. The molecule has 0 aliphatic carbocycles. The van der Waals surface area contributed by atoms with Crippen LogP contribution >= 0.6 is 0 Å². The van der Waals surface area contributed by atoms with Crippen LogP contribution in [0, 0.1) is 0 Å². The van der Waals surface area contributed by atoms with Gasteiger partial charge in [-0.3, -0.25) is 9.69 Å². The van der Waals surface area contributed by atoms with Gasteiger partial charge < -0.3 is 9.47 Å². The van der Waals surface area contributed by atoms with E-state index in [1.54, 1.807) is 11.8 Å². The molecule has 23 heavy (non-hydrogen) atoms.